The second-order valence-corrected chi connectivity index (χ2v) is 17.2. The van der Waals surface area contributed by atoms with Crippen LogP contribution in [0.5, 0.6) is 17.2 Å². The van der Waals surface area contributed by atoms with E-state index in [1.165, 1.54) is 12.1 Å². The number of nitrogens with one attached hydrogen (secondary N) is 1. The van der Waals surface area contributed by atoms with Crippen LogP contribution in [0.3, 0.4) is 0 Å². The minimum Gasteiger partial charge on any atom is -0.496 e. The van der Waals surface area contributed by atoms with Crippen molar-refractivity contribution in [3.8, 4) is 28.4 Å². The number of likely N-dealkylation sites (tertiary alicyclic amines) is 1. The van der Waals surface area contributed by atoms with Crippen LogP contribution < -0.4 is 25.1 Å². The lowest BCUT2D eigenvalue weighted by Crippen LogP contribution is -2.54. The number of nitrogens with zero attached hydrogens (tertiary/aromatic N) is 5. The number of pyridine rings is 2. The molecule has 3 unspecified atom stereocenters. The van der Waals surface area contributed by atoms with E-state index < -0.39 is 29.7 Å². The smallest absolute Gasteiger partial charge is 0.262 e. The van der Waals surface area contributed by atoms with Crippen LogP contribution >= 0.6 is 0 Å². The molecule has 4 aromatic rings. The first-order valence-corrected chi connectivity index (χ1v) is 21.0. The molecule has 2 aromatic carbocycles. The number of aromatic nitrogens is 2. The summed E-state index contributed by atoms with van der Waals surface area (Å²) in [6.07, 6.45) is 7.58. The van der Waals surface area contributed by atoms with Crippen molar-refractivity contribution in [2.24, 2.45) is 24.3 Å². The molecule has 5 heterocycles. The molecule has 16 nitrogen and oxygen atoms in total. The fourth-order valence-corrected chi connectivity index (χ4v) is 9.97. The first kappa shape index (κ1) is 42.6. The number of amides is 5. The second kappa shape index (κ2) is 17.3. The van der Waals surface area contributed by atoms with Crippen LogP contribution in [0.1, 0.15) is 65.3 Å². The monoisotopic (exact) mass is 848 g/mol. The lowest BCUT2D eigenvalue weighted by atomic mass is 9.83. The topological polar surface area (TPSA) is 179 Å². The Morgan fingerprint density at radius 3 is 2.44 bits per heavy atom. The van der Waals surface area contributed by atoms with E-state index in [2.05, 4.69) is 29.2 Å². The van der Waals surface area contributed by atoms with Gasteiger partial charge in [0.25, 0.3) is 17.4 Å². The van der Waals surface area contributed by atoms with Gasteiger partial charge in [0.05, 0.1) is 55.9 Å². The van der Waals surface area contributed by atoms with Gasteiger partial charge in [-0.1, -0.05) is 6.92 Å². The summed E-state index contributed by atoms with van der Waals surface area (Å²) in [5.41, 5.74) is 2.97. The quantitative estimate of drug-likeness (QED) is 0.135. The number of aryl methyl sites for hydroxylation is 1. The van der Waals surface area contributed by atoms with Crippen LogP contribution in [-0.2, 0) is 32.7 Å². The summed E-state index contributed by atoms with van der Waals surface area (Å²) >= 11 is 0. The number of imide groups is 2. The molecule has 2 saturated heterocycles. The van der Waals surface area contributed by atoms with Crippen LogP contribution in [0.15, 0.2) is 59.8 Å². The molecule has 62 heavy (non-hydrogen) atoms. The molecule has 3 aliphatic heterocycles. The van der Waals surface area contributed by atoms with E-state index in [0.717, 1.165) is 59.5 Å². The van der Waals surface area contributed by atoms with Gasteiger partial charge in [-0.05, 0) is 90.9 Å². The van der Waals surface area contributed by atoms with E-state index in [4.69, 9.17) is 18.9 Å². The maximum atomic E-state index is 13.3. The predicted octanol–water partition coefficient (Wildman–Crippen LogP) is 3.81. The Morgan fingerprint density at radius 2 is 1.71 bits per heavy atom. The molecule has 1 N–H and O–H groups in total. The van der Waals surface area contributed by atoms with Crippen molar-refractivity contribution in [3.63, 3.8) is 0 Å². The van der Waals surface area contributed by atoms with Gasteiger partial charge in [-0.25, -0.2) is 0 Å². The molecule has 0 radical (unpaired) electrons. The van der Waals surface area contributed by atoms with Gasteiger partial charge < -0.3 is 33.3 Å². The number of carbonyl (C=O) groups excluding carboxylic acids is 5. The zero-order valence-corrected chi connectivity index (χ0v) is 35.7. The summed E-state index contributed by atoms with van der Waals surface area (Å²) in [6.45, 7) is 5.91. The summed E-state index contributed by atoms with van der Waals surface area (Å²) in [7, 11) is 7.17. The highest BCUT2D eigenvalue weighted by Gasteiger charge is 2.51. The van der Waals surface area contributed by atoms with Crippen LogP contribution in [0.4, 0.5) is 0 Å². The Morgan fingerprint density at radius 1 is 0.952 bits per heavy atom. The number of carbonyl (C=O) groups is 5. The fourth-order valence-electron chi connectivity index (χ4n) is 9.97. The number of piperidine rings is 1. The predicted molar refractivity (Wildman–Crippen MR) is 227 cm³/mol. The van der Waals surface area contributed by atoms with Crippen molar-refractivity contribution in [1.82, 2.24) is 29.6 Å². The molecule has 1 aliphatic carbocycles. The maximum Gasteiger partial charge on any atom is 0.262 e. The highest BCUT2D eigenvalue weighted by Crippen LogP contribution is 2.51. The number of fused-ring (bicyclic) bond motifs is 3. The molecule has 2 aromatic heterocycles. The minimum absolute atomic E-state index is 0.0434. The van der Waals surface area contributed by atoms with Gasteiger partial charge in [0.1, 0.15) is 29.9 Å². The Balaban J connectivity index is 0.785. The number of hydrogen-bond donors (Lipinski definition) is 1. The summed E-state index contributed by atoms with van der Waals surface area (Å²) in [6, 6.07) is 9.38. The molecule has 4 aliphatic rings. The molecule has 0 bridgehead atoms. The molecule has 5 amide bonds. The van der Waals surface area contributed by atoms with E-state index in [9.17, 15) is 28.8 Å². The van der Waals surface area contributed by atoms with Crippen molar-refractivity contribution in [2.75, 3.05) is 60.7 Å². The van der Waals surface area contributed by atoms with Gasteiger partial charge in [0.2, 0.25) is 17.7 Å². The highest BCUT2D eigenvalue weighted by atomic mass is 16.5. The molecule has 3 fully saturated rings. The van der Waals surface area contributed by atoms with Crippen molar-refractivity contribution < 1.29 is 42.9 Å². The van der Waals surface area contributed by atoms with Gasteiger partial charge in [-0.3, -0.25) is 44.0 Å². The SMILES string of the molecule is COc1cc(-c2cn(C)c(=O)c3cnccc23)cc(OC)c1CN(C)CC1CC2CN(C(=O)CCOCCOc3ccc4c(c3)C(=O)N(C3CCC(=O)NC3=O)C4=O)C[C@@]2(C)C1. The maximum absolute atomic E-state index is 13.3. The van der Waals surface area contributed by atoms with Crippen molar-refractivity contribution >= 4 is 40.3 Å². The lowest BCUT2D eigenvalue weighted by Gasteiger charge is -2.27. The standard InChI is InChI=1S/C46H52N6O10/c1-46-20-27(22-49(2)24-36-38(59-4)17-28(18-39(36)60-5)35-25-50(3)43(56)34-21-47-12-10-31(34)35)16-29(46)23-51(26-46)41(54)11-13-61-14-15-62-30-6-7-32-33(19-30)45(58)52(44(32)57)37-8-9-40(53)48-42(37)55/h6-7,10,12,17-19,21,25,27,29,37H,8-9,11,13-16,20,22-24,26H2,1-5H3,(H,48,53,55)/t27?,29?,37?,46-/m1/s1. The molecular weight excluding hydrogens is 797 g/mol. The van der Waals surface area contributed by atoms with Crippen molar-refractivity contribution in [3.05, 3.63) is 82.0 Å². The molecule has 8 rings (SSSR count). The molecule has 16 heteroatoms. The summed E-state index contributed by atoms with van der Waals surface area (Å²) in [4.78, 5) is 85.4. The van der Waals surface area contributed by atoms with Gasteiger partial charge >= 0.3 is 0 Å². The van der Waals surface area contributed by atoms with Gasteiger partial charge in [-0.15, -0.1) is 0 Å². The van der Waals surface area contributed by atoms with Gasteiger partial charge in [0, 0.05) is 63.8 Å². The molecule has 1 saturated carbocycles. The van der Waals surface area contributed by atoms with Crippen LogP contribution in [-0.4, -0.2) is 121 Å². The number of methoxy groups -OCH3 is 2. The Hall–Kier alpha value is -6.13. The number of benzene rings is 2. The normalized spacial score (nSPS) is 22.1. The second-order valence-electron chi connectivity index (χ2n) is 17.2. The fraction of sp³-hybridized carbons (Fsp3) is 0.457. The highest BCUT2D eigenvalue weighted by molar-refractivity contribution is 6.23. The van der Waals surface area contributed by atoms with Gasteiger partial charge in [-0.2, -0.15) is 0 Å². The zero-order chi connectivity index (χ0) is 43.9. The Labute approximate surface area is 359 Å². The number of rotatable bonds is 15. The first-order chi connectivity index (χ1) is 29.8. The first-order valence-electron chi connectivity index (χ1n) is 21.0. The number of ether oxygens (including phenoxy) is 4. The Kier molecular flexibility index (Phi) is 11.9. The summed E-state index contributed by atoms with van der Waals surface area (Å²) < 4.78 is 24.9. The van der Waals surface area contributed by atoms with Crippen LogP contribution in [0.25, 0.3) is 21.9 Å². The van der Waals surface area contributed by atoms with E-state index in [1.807, 2.05) is 29.3 Å². The average Bonchev–Trinajstić information content (AvgIpc) is 3.83. The third kappa shape index (κ3) is 8.16. The zero-order valence-electron chi connectivity index (χ0n) is 35.7. The summed E-state index contributed by atoms with van der Waals surface area (Å²) in [5, 5.41) is 3.55. The third-order valence-corrected chi connectivity index (χ3v) is 13.0. The van der Waals surface area contributed by atoms with E-state index >= 15 is 0 Å². The Bertz CT molecular complexity index is 2500. The molecular formula is C46H52N6O10. The van der Waals surface area contributed by atoms with Crippen molar-refractivity contribution in [2.45, 2.75) is 51.6 Å². The van der Waals surface area contributed by atoms with Crippen LogP contribution in [0.2, 0.25) is 0 Å². The lowest BCUT2D eigenvalue weighted by molar-refractivity contribution is -0.136. The molecule has 0 spiro atoms. The van der Waals surface area contributed by atoms with Gasteiger partial charge in [0.15, 0.2) is 0 Å². The third-order valence-electron chi connectivity index (χ3n) is 13.0. The van der Waals surface area contributed by atoms with Crippen molar-refractivity contribution in [1.29, 1.82) is 0 Å². The summed E-state index contributed by atoms with van der Waals surface area (Å²) in [5.74, 6) is 0.487. The van der Waals surface area contributed by atoms with E-state index in [0.29, 0.717) is 41.0 Å². The largest absolute Gasteiger partial charge is 0.496 e. The van der Waals surface area contributed by atoms with E-state index in [1.54, 1.807) is 44.3 Å². The van der Waals surface area contributed by atoms with Crippen LogP contribution in [0, 0.1) is 17.3 Å². The minimum atomic E-state index is -1.03. The number of hydrogen-bond acceptors (Lipinski definition) is 12. The average molecular weight is 849 g/mol. The molecule has 326 valence electrons. The van der Waals surface area contributed by atoms with E-state index in [-0.39, 0.29) is 67.1 Å². The molecule has 4 atom stereocenters.